The second-order valence-electron chi connectivity index (χ2n) is 5.50. The maximum absolute atomic E-state index is 12.0. The molecule has 9 heteroatoms. The molecule has 0 aromatic carbocycles. The molecule has 1 saturated heterocycles. The predicted octanol–water partition coefficient (Wildman–Crippen LogP) is 0.774. The zero-order chi connectivity index (χ0) is 16.7. The normalized spacial score (nSPS) is 17.2. The summed E-state index contributed by atoms with van der Waals surface area (Å²) in [6.07, 6.45) is 3.39. The van der Waals surface area contributed by atoms with E-state index < -0.39 is 12.0 Å². The summed E-state index contributed by atoms with van der Waals surface area (Å²) in [5.41, 5.74) is 2.46. The SMILES string of the molecule is Cn1nccc1-c1ccc2nc(NC(=O)[C@H]3CCC(=O)O3)nn2c1. The van der Waals surface area contributed by atoms with Gasteiger partial charge in [0, 0.05) is 37.8 Å². The van der Waals surface area contributed by atoms with Gasteiger partial charge in [0.15, 0.2) is 11.8 Å². The van der Waals surface area contributed by atoms with Gasteiger partial charge in [-0.1, -0.05) is 0 Å². The van der Waals surface area contributed by atoms with Crippen molar-refractivity contribution < 1.29 is 14.3 Å². The molecule has 3 aromatic heterocycles. The predicted molar refractivity (Wildman–Crippen MR) is 82.9 cm³/mol. The van der Waals surface area contributed by atoms with Gasteiger partial charge in [0.05, 0.1) is 5.69 Å². The number of hydrogen-bond donors (Lipinski definition) is 1. The van der Waals surface area contributed by atoms with Crippen LogP contribution in [0.25, 0.3) is 16.9 Å². The van der Waals surface area contributed by atoms with Gasteiger partial charge in [0.25, 0.3) is 5.91 Å². The first-order valence-electron chi connectivity index (χ1n) is 7.45. The minimum atomic E-state index is -0.769. The van der Waals surface area contributed by atoms with Crippen molar-refractivity contribution in [1.82, 2.24) is 24.4 Å². The smallest absolute Gasteiger partial charge is 0.306 e. The van der Waals surface area contributed by atoms with Gasteiger partial charge < -0.3 is 4.74 Å². The minimum absolute atomic E-state index is 0.171. The summed E-state index contributed by atoms with van der Waals surface area (Å²) in [7, 11) is 1.86. The van der Waals surface area contributed by atoms with Crippen molar-refractivity contribution >= 4 is 23.5 Å². The van der Waals surface area contributed by atoms with Crippen molar-refractivity contribution in [2.75, 3.05) is 5.32 Å². The zero-order valence-corrected chi connectivity index (χ0v) is 12.8. The Bertz CT molecular complexity index is 944. The topological polar surface area (TPSA) is 103 Å². The van der Waals surface area contributed by atoms with Crippen molar-refractivity contribution in [2.45, 2.75) is 18.9 Å². The lowest BCUT2D eigenvalue weighted by Crippen LogP contribution is -2.27. The van der Waals surface area contributed by atoms with Gasteiger partial charge in [0.1, 0.15) is 0 Å². The van der Waals surface area contributed by atoms with Crippen molar-refractivity contribution in [3.63, 3.8) is 0 Å². The fraction of sp³-hybridized carbons (Fsp3) is 0.267. The Kier molecular flexibility index (Phi) is 3.26. The molecule has 1 fully saturated rings. The number of aromatic nitrogens is 5. The first-order valence-corrected chi connectivity index (χ1v) is 7.45. The van der Waals surface area contributed by atoms with E-state index >= 15 is 0 Å². The minimum Gasteiger partial charge on any atom is -0.452 e. The maximum Gasteiger partial charge on any atom is 0.306 e. The number of amides is 1. The first kappa shape index (κ1) is 14.4. The van der Waals surface area contributed by atoms with Gasteiger partial charge in [-0.25, -0.2) is 4.52 Å². The number of esters is 1. The molecule has 1 amide bonds. The summed E-state index contributed by atoms with van der Waals surface area (Å²) in [5.74, 6) is -0.604. The number of carbonyl (C=O) groups is 2. The Morgan fingerprint density at radius 2 is 2.25 bits per heavy atom. The van der Waals surface area contributed by atoms with Gasteiger partial charge in [-0.3, -0.25) is 19.6 Å². The van der Waals surface area contributed by atoms with E-state index in [4.69, 9.17) is 4.74 Å². The molecule has 0 spiro atoms. The molecule has 1 aliphatic rings. The summed E-state index contributed by atoms with van der Waals surface area (Å²) in [6, 6.07) is 5.61. The lowest BCUT2D eigenvalue weighted by molar-refractivity contribution is -0.146. The molecule has 4 rings (SSSR count). The van der Waals surface area contributed by atoms with E-state index in [9.17, 15) is 9.59 Å². The van der Waals surface area contributed by atoms with Gasteiger partial charge in [-0.15, -0.1) is 5.10 Å². The Morgan fingerprint density at radius 1 is 1.38 bits per heavy atom. The standard InChI is InChI=1S/C15H14N6O3/c1-20-10(6-7-16-20)9-2-4-12-17-15(19-21(12)8-9)18-14(23)11-3-5-13(22)24-11/h2,4,6-8,11H,3,5H2,1H3,(H,18,19,23)/t11-/m1/s1. The molecule has 122 valence electrons. The molecule has 1 aliphatic heterocycles. The molecule has 9 nitrogen and oxygen atoms in total. The number of hydrogen-bond acceptors (Lipinski definition) is 6. The van der Waals surface area contributed by atoms with Crippen LogP contribution in [0.3, 0.4) is 0 Å². The van der Waals surface area contributed by atoms with Crippen LogP contribution >= 0.6 is 0 Å². The van der Waals surface area contributed by atoms with E-state index in [0.717, 1.165) is 11.3 Å². The Balaban J connectivity index is 1.58. The van der Waals surface area contributed by atoms with Crippen molar-refractivity contribution in [2.24, 2.45) is 7.05 Å². The molecule has 0 saturated carbocycles. The molecule has 4 heterocycles. The van der Waals surface area contributed by atoms with Crippen LogP contribution in [0.1, 0.15) is 12.8 Å². The summed E-state index contributed by atoms with van der Waals surface area (Å²) in [5, 5.41) is 11.0. The van der Waals surface area contributed by atoms with Crippen LogP contribution in [0.2, 0.25) is 0 Å². The first-order chi connectivity index (χ1) is 11.6. The largest absolute Gasteiger partial charge is 0.452 e. The lowest BCUT2D eigenvalue weighted by Gasteiger charge is -2.06. The van der Waals surface area contributed by atoms with Crippen LogP contribution in [0.15, 0.2) is 30.6 Å². The van der Waals surface area contributed by atoms with Crippen LogP contribution in [0.4, 0.5) is 5.95 Å². The van der Waals surface area contributed by atoms with E-state index in [-0.39, 0.29) is 18.3 Å². The number of cyclic esters (lactones) is 1. The van der Waals surface area contributed by atoms with Crippen molar-refractivity contribution in [3.05, 3.63) is 30.6 Å². The number of ether oxygens (including phenoxy) is 1. The molecular weight excluding hydrogens is 312 g/mol. The highest BCUT2D eigenvalue weighted by Crippen LogP contribution is 2.19. The number of pyridine rings is 1. The van der Waals surface area contributed by atoms with Gasteiger partial charge in [-0.2, -0.15) is 10.1 Å². The Labute approximate surface area is 136 Å². The molecule has 0 radical (unpaired) electrons. The number of carbonyl (C=O) groups excluding carboxylic acids is 2. The van der Waals surface area contributed by atoms with Gasteiger partial charge >= 0.3 is 5.97 Å². The summed E-state index contributed by atoms with van der Waals surface area (Å²) in [4.78, 5) is 27.4. The number of aryl methyl sites for hydroxylation is 1. The molecule has 3 aromatic rings. The van der Waals surface area contributed by atoms with Crippen LogP contribution in [0.5, 0.6) is 0 Å². The van der Waals surface area contributed by atoms with Crippen LogP contribution < -0.4 is 5.32 Å². The quantitative estimate of drug-likeness (QED) is 0.713. The van der Waals surface area contributed by atoms with Crippen LogP contribution in [-0.2, 0) is 21.4 Å². The van der Waals surface area contributed by atoms with E-state index in [1.807, 2.05) is 25.4 Å². The molecule has 0 unspecified atom stereocenters. The number of nitrogens with one attached hydrogen (secondary N) is 1. The molecule has 0 aliphatic carbocycles. The monoisotopic (exact) mass is 326 g/mol. The third kappa shape index (κ3) is 2.49. The molecule has 24 heavy (non-hydrogen) atoms. The van der Waals surface area contributed by atoms with Crippen molar-refractivity contribution in [3.8, 4) is 11.3 Å². The van der Waals surface area contributed by atoms with Gasteiger partial charge in [0.2, 0.25) is 5.95 Å². The molecular formula is C15H14N6O3. The third-order valence-corrected chi connectivity index (χ3v) is 3.86. The second-order valence-corrected chi connectivity index (χ2v) is 5.50. The second kappa shape index (κ2) is 5.44. The fourth-order valence-corrected chi connectivity index (χ4v) is 2.65. The number of fused-ring (bicyclic) bond motifs is 1. The van der Waals surface area contributed by atoms with Crippen LogP contribution in [-0.4, -0.2) is 42.4 Å². The Hall–Kier alpha value is -3.23. The molecule has 1 atom stereocenters. The summed E-state index contributed by atoms with van der Waals surface area (Å²) < 4.78 is 8.27. The summed E-state index contributed by atoms with van der Waals surface area (Å²) in [6.45, 7) is 0. The average molecular weight is 326 g/mol. The number of nitrogens with zero attached hydrogens (tertiary/aromatic N) is 5. The lowest BCUT2D eigenvalue weighted by atomic mass is 10.2. The van der Waals surface area contributed by atoms with E-state index in [0.29, 0.717) is 12.1 Å². The van der Waals surface area contributed by atoms with E-state index in [2.05, 4.69) is 20.5 Å². The fourth-order valence-electron chi connectivity index (χ4n) is 2.65. The highest BCUT2D eigenvalue weighted by molar-refractivity contribution is 5.95. The van der Waals surface area contributed by atoms with E-state index in [1.54, 1.807) is 21.5 Å². The Morgan fingerprint density at radius 3 is 2.96 bits per heavy atom. The van der Waals surface area contributed by atoms with Crippen molar-refractivity contribution in [1.29, 1.82) is 0 Å². The zero-order valence-electron chi connectivity index (χ0n) is 12.8. The molecule has 0 bridgehead atoms. The molecule has 1 N–H and O–H groups in total. The number of rotatable bonds is 3. The maximum atomic E-state index is 12.0. The average Bonchev–Trinajstić information content (AvgIpc) is 3.25. The number of anilines is 1. The van der Waals surface area contributed by atoms with Gasteiger partial charge in [-0.05, 0) is 18.2 Å². The highest BCUT2D eigenvalue weighted by Gasteiger charge is 2.30. The van der Waals surface area contributed by atoms with Crippen LogP contribution in [0, 0.1) is 0 Å². The van der Waals surface area contributed by atoms with E-state index in [1.165, 1.54) is 0 Å². The summed E-state index contributed by atoms with van der Waals surface area (Å²) >= 11 is 0. The third-order valence-electron chi connectivity index (χ3n) is 3.86. The highest BCUT2D eigenvalue weighted by atomic mass is 16.6.